The number of amides is 2. The lowest BCUT2D eigenvalue weighted by Gasteiger charge is -2.26. The van der Waals surface area contributed by atoms with Crippen LogP contribution in [0.25, 0.3) is 0 Å². The molecule has 1 saturated carbocycles. The monoisotopic (exact) mass is 309 g/mol. The first-order chi connectivity index (χ1) is 10.1. The molecule has 0 radical (unpaired) electrons. The van der Waals surface area contributed by atoms with E-state index in [0.717, 1.165) is 4.90 Å². The van der Waals surface area contributed by atoms with Crippen LogP contribution in [-0.4, -0.2) is 34.4 Å². The van der Waals surface area contributed by atoms with Crippen molar-refractivity contribution in [1.29, 1.82) is 0 Å². The van der Waals surface area contributed by atoms with Crippen LogP contribution >= 0.6 is 11.8 Å². The maximum atomic E-state index is 11.9. The van der Waals surface area contributed by atoms with Crippen LogP contribution in [0.4, 0.5) is 10.6 Å². The fourth-order valence-electron chi connectivity index (χ4n) is 2.40. The lowest BCUT2D eigenvalue weighted by atomic mass is 9.86. The number of thioether (sulfide) groups is 1. The van der Waals surface area contributed by atoms with Gasteiger partial charge >= 0.3 is 12.0 Å². The Morgan fingerprint density at radius 1 is 1.29 bits per heavy atom. The number of urea groups is 1. The summed E-state index contributed by atoms with van der Waals surface area (Å²) in [6.07, 6.45) is 6.29. The zero-order valence-corrected chi connectivity index (χ0v) is 12.7. The molecule has 0 bridgehead atoms. The van der Waals surface area contributed by atoms with Crippen molar-refractivity contribution in [2.24, 2.45) is 5.92 Å². The molecule has 1 aliphatic rings. The summed E-state index contributed by atoms with van der Waals surface area (Å²) in [6, 6.07) is 3.39. The van der Waals surface area contributed by atoms with Crippen molar-refractivity contribution in [3.8, 4) is 0 Å². The largest absolute Gasteiger partial charge is 0.481 e. The quantitative estimate of drug-likeness (QED) is 0.744. The van der Waals surface area contributed by atoms with E-state index < -0.39 is 5.97 Å². The number of hydrogen-bond donors (Lipinski definition) is 3. The van der Waals surface area contributed by atoms with Gasteiger partial charge in [0.05, 0.1) is 5.92 Å². The summed E-state index contributed by atoms with van der Waals surface area (Å²) in [5, 5.41) is 14.5. The van der Waals surface area contributed by atoms with Crippen molar-refractivity contribution in [3.63, 3.8) is 0 Å². The summed E-state index contributed by atoms with van der Waals surface area (Å²) in [5.41, 5.74) is 0. The lowest BCUT2D eigenvalue weighted by Crippen LogP contribution is -2.41. The number of carboxylic acids is 1. The number of carboxylic acid groups (broad SMARTS) is 1. The van der Waals surface area contributed by atoms with Gasteiger partial charge < -0.3 is 10.4 Å². The van der Waals surface area contributed by atoms with Gasteiger partial charge in [-0.05, 0) is 44.1 Å². The fourth-order valence-corrected chi connectivity index (χ4v) is 2.76. The van der Waals surface area contributed by atoms with Crippen LogP contribution in [0, 0.1) is 5.92 Å². The molecular weight excluding hydrogens is 290 g/mol. The lowest BCUT2D eigenvalue weighted by molar-refractivity contribution is -0.142. The Labute approximate surface area is 127 Å². The van der Waals surface area contributed by atoms with Crippen LogP contribution in [0.5, 0.6) is 0 Å². The van der Waals surface area contributed by atoms with Crippen molar-refractivity contribution < 1.29 is 14.7 Å². The molecule has 2 amide bonds. The van der Waals surface area contributed by atoms with Crippen LogP contribution in [0.1, 0.15) is 25.7 Å². The molecule has 2 rings (SSSR count). The average molecular weight is 309 g/mol. The molecule has 1 fully saturated rings. The standard InChI is InChI=1S/C14H19N3O3S/c1-21-11-6-7-12(15-8-11)17-14(20)16-10-4-2-9(3-5-10)13(18)19/h6-10H,2-5H2,1H3,(H,18,19)(H2,15,16,17,20). The van der Waals surface area contributed by atoms with Crippen LogP contribution in [0.15, 0.2) is 23.2 Å². The van der Waals surface area contributed by atoms with Crippen LogP contribution in [0.3, 0.4) is 0 Å². The minimum Gasteiger partial charge on any atom is -0.481 e. The SMILES string of the molecule is CSc1ccc(NC(=O)NC2CCC(C(=O)O)CC2)nc1. The number of carbonyl (C=O) groups excluding carboxylic acids is 1. The summed E-state index contributed by atoms with van der Waals surface area (Å²) in [4.78, 5) is 27.9. The van der Waals surface area contributed by atoms with Gasteiger partial charge in [-0.25, -0.2) is 9.78 Å². The Bertz CT molecular complexity index is 499. The maximum Gasteiger partial charge on any atom is 0.320 e. The van der Waals surface area contributed by atoms with Crippen molar-refractivity contribution in [1.82, 2.24) is 10.3 Å². The van der Waals surface area contributed by atoms with Gasteiger partial charge in [-0.1, -0.05) is 0 Å². The van der Waals surface area contributed by atoms with E-state index in [-0.39, 0.29) is 18.0 Å². The summed E-state index contributed by atoms with van der Waals surface area (Å²) >= 11 is 1.59. The minimum atomic E-state index is -0.740. The summed E-state index contributed by atoms with van der Waals surface area (Å²) < 4.78 is 0. The smallest absolute Gasteiger partial charge is 0.320 e. The van der Waals surface area contributed by atoms with E-state index in [1.165, 1.54) is 0 Å². The molecule has 7 heteroatoms. The number of pyridine rings is 1. The topological polar surface area (TPSA) is 91.3 Å². The molecule has 1 heterocycles. The number of carbonyl (C=O) groups is 2. The molecular formula is C14H19N3O3S. The highest BCUT2D eigenvalue weighted by atomic mass is 32.2. The number of hydrogen-bond acceptors (Lipinski definition) is 4. The molecule has 1 aliphatic carbocycles. The number of anilines is 1. The Morgan fingerprint density at radius 3 is 2.52 bits per heavy atom. The molecule has 0 spiro atoms. The van der Waals surface area contributed by atoms with Crippen molar-refractivity contribution in [2.75, 3.05) is 11.6 Å². The van der Waals surface area contributed by atoms with Gasteiger partial charge in [0.2, 0.25) is 0 Å². The minimum absolute atomic E-state index is 0.0334. The third-order valence-electron chi connectivity index (χ3n) is 3.63. The molecule has 3 N–H and O–H groups in total. The van der Waals surface area contributed by atoms with E-state index in [1.54, 1.807) is 24.0 Å². The Kier molecular flexibility index (Phi) is 5.44. The van der Waals surface area contributed by atoms with Crippen molar-refractivity contribution in [2.45, 2.75) is 36.6 Å². The molecule has 21 heavy (non-hydrogen) atoms. The number of nitrogens with zero attached hydrogens (tertiary/aromatic N) is 1. The van der Waals surface area contributed by atoms with Gasteiger partial charge in [0.1, 0.15) is 5.82 Å². The molecule has 1 aromatic rings. The fraction of sp³-hybridized carbons (Fsp3) is 0.500. The summed E-state index contributed by atoms with van der Waals surface area (Å²) in [5.74, 6) is -0.507. The predicted octanol–water partition coefficient (Wildman–Crippen LogP) is 2.57. The maximum absolute atomic E-state index is 11.9. The van der Waals surface area contributed by atoms with E-state index in [4.69, 9.17) is 5.11 Å². The molecule has 0 saturated heterocycles. The van der Waals surface area contributed by atoms with Crippen LogP contribution < -0.4 is 10.6 Å². The second-order valence-corrected chi connectivity index (χ2v) is 5.95. The number of nitrogens with one attached hydrogen (secondary N) is 2. The zero-order valence-electron chi connectivity index (χ0n) is 11.8. The van der Waals surface area contributed by atoms with E-state index in [2.05, 4.69) is 15.6 Å². The summed E-state index contributed by atoms with van der Waals surface area (Å²) in [7, 11) is 0. The van der Waals surface area contributed by atoms with Gasteiger partial charge in [0.25, 0.3) is 0 Å². The van der Waals surface area contributed by atoms with Gasteiger partial charge in [0, 0.05) is 17.1 Å². The average Bonchev–Trinajstić information content (AvgIpc) is 2.48. The van der Waals surface area contributed by atoms with Gasteiger partial charge in [-0.2, -0.15) is 0 Å². The Hall–Kier alpha value is -1.76. The number of aliphatic carboxylic acids is 1. The van der Waals surface area contributed by atoms with E-state index >= 15 is 0 Å². The first-order valence-electron chi connectivity index (χ1n) is 6.89. The van der Waals surface area contributed by atoms with Crippen LogP contribution in [-0.2, 0) is 4.79 Å². The first-order valence-corrected chi connectivity index (χ1v) is 8.11. The van der Waals surface area contributed by atoms with Crippen molar-refractivity contribution in [3.05, 3.63) is 18.3 Å². The molecule has 6 nitrogen and oxygen atoms in total. The van der Waals surface area contributed by atoms with Gasteiger partial charge in [-0.3, -0.25) is 10.1 Å². The molecule has 0 aromatic carbocycles. The third kappa shape index (κ3) is 4.63. The molecule has 114 valence electrons. The predicted molar refractivity (Wildman–Crippen MR) is 81.6 cm³/mol. The van der Waals surface area contributed by atoms with E-state index in [1.807, 2.05) is 12.3 Å². The molecule has 0 aliphatic heterocycles. The zero-order chi connectivity index (χ0) is 15.2. The Morgan fingerprint density at radius 2 is 2.00 bits per heavy atom. The molecule has 0 unspecified atom stereocenters. The second kappa shape index (κ2) is 7.31. The summed E-state index contributed by atoms with van der Waals surface area (Å²) in [6.45, 7) is 0. The number of aromatic nitrogens is 1. The van der Waals surface area contributed by atoms with Gasteiger partial charge in [0.15, 0.2) is 0 Å². The normalized spacial score (nSPS) is 21.6. The van der Waals surface area contributed by atoms with E-state index in [9.17, 15) is 9.59 Å². The highest BCUT2D eigenvalue weighted by molar-refractivity contribution is 7.98. The second-order valence-electron chi connectivity index (χ2n) is 5.07. The first kappa shape index (κ1) is 15.6. The van der Waals surface area contributed by atoms with Gasteiger partial charge in [-0.15, -0.1) is 11.8 Å². The highest BCUT2D eigenvalue weighted by Gasteiger charge is 2.26. The van der Waals surface area contributed by atoms with Crippen LogP contribution in [0.2, 0.25) is 0 Å². The third-order valence-corrected chi connectivity index (χ3v) is 4.34. The highest BCUT2D eigenvalue weighted by Crippen LogP contribution is 2.24. The van der Waals surface area contributed by atoms with Crippen molar-refractivity contribution >= 4 is 29.6 Å². The Balaban J connectivity index is 1.78. The number of rotatable bonds is 4. The molecule has 0 atom stereocenters. The van der Waals surface area contributed by atoms with E-state index in [0.29, 0.717) is 31.5 Å². The molecule has 1 aromatic heterocycles.